The number of hydrogen-bond donors (Lipinski definition) is 1. The molecule has 6 nitrogen and oxygen atoms in total. The van der Waals surface area contributed by atoms with Crippen molar-refractivity contribution in [2.45, 2.75) is 57.8 Å². The van der Waals surface area contributed by atoms with Gasteiger partial charge in [-0.1, -0.05) is 6.42 Å². The molecular formula is C13H26N2O4S. The van der Waals surface area contributed by atoms with Crippen molar-refractivity contribution < 1.29 is 18.3 Å². The third-order valence-corrected chi connectivity index (χ3v) is 6.05. The van der Waals surface area contributed by atoms with Gasteiger partial charge in [0.2, 0.25) is 0 Å². The van der Waals surface area contributed by atoms with Crippen LogP contribution >= 0.6 is 0 Å². The first-order valence-electron chi connectivity index (χ1n) is 7.48. The first kappa shape index (κ1) is 16.2. The Hall–Kier alpha value is -0.210. The zero-order valence-electron chi connectivity index (χ0n) is 12.4. The molecule has 1 saturated carbocycles. The summed E-state index contributed by atoms with van der Waals surface area (Å²) in [5.41, 5.74) is 0. The molecule has 1 aliphatic heterocycles. The first-order chi connectivity index (χ1) is 9.45. The molecule has 2 unspecified atom stereocenters. The molecule has 2 aliphatic rings. The summed E-state index contributed by atoms with van der Waals surface area (Å²) in [4.78, 5) is 0. The Kier molecular flexibility index (Phi) is 5.42. The van der Waals surface area contributed by atoms with Gasteiger partial charge >= 0.3 is 0 Å². The molecule has 1 aliphatic carbocycles. The van der Waals surface area contributed by atoms with Gasteiger partial charge in [0.25, 0.3) is 10.2 Å². The van der Waals surface area contributed by atoms with Crippen LogP contribution in [0.4, 0.5) is 0 Å². The molecule has 0 aromatic rings. The molecule has 7 heteroatoms. The summed E-state index contributed by atoms with van der Waals surface area (Å²) < 4.78 is 34.4. The van der Waals surface area contributed by atoms with Crippen molar-refractivity contribution in [3.8, 4) is 0 Å². The van der Waals surface area contributed by atoms with Crippen LogP contribution < -0.4 is 0 Å². The number of morpholine rings is 1. The molecule has 1 saturated heterocycles. The average Bonchev–Trinajstić information content (AvgIpc) is 2.30. The van der Waals surface area contributed by atoms with Crippen molar-refractivity contribution in [3.63, 3.8) is 0 Å². The third-order valence-electron chi connectivity index (χ3n) is 4.03. The molecule has 0 radical (unpaired) electrons. The number of ether oxygens (including phenoxy) is 1. The minimum atomic E-state index is -3.45. The fourth-order valence-corrected chi connectivity index (χ4v) is 4.90. The molecule has 0 amide bonds. The first-order valence-corrected chi connectivity index (χ1v) is 8.88. The van der Waals surface area contributed by atoms with Crippen LogP contribution in [0, 0.1) is 0 Å². The second-order valence-corrected chi connectivity index (χ2v) is 7.74. The predicted molar refractivity (Wildman–Crippen MR) is 76.5 cm³/mol. The standard InChI is InChI=1S/C13H26N2O4S/c1-11-9-14(10-12(2)19-11)20(17,18)15(7-4-8-16)13-5-3-6-13/h11-13,16H,3-10H2,1-2H3. The van der Waals surface area contributed by atoms with Crippen LogP contribution in [0.1, 0.15) is 39.5 Å². The van der Waals surface area contributed by atoms with E-state index in [-0.39, 0.29) is 24.9 Å². The average molecular weight is 306 g/mol. The quantitative estimate of drug-likeness (QED) is 0.779. The minimum Gasteiger partial charge on any atom is -0.396 e. The number of aliphatic hydroxyl groups is 1. The van der Waals surface area contributed by atoms with Gasteiger partial charge < -0.3 is 9.84 Å². The maximum atomic E-state index is 12.8. The van der Waals surface area contributed by atoms with Gasteiger partial charge in [-0.15, -0.1) is 0 Å². The Morgan fingerprint density at radius 3 is 2.30 bits per heavy atom. The fourth-order valence-electron chi connectivity index (χ4n) is 2.85. The van der Waals surface area contributed by atoms with Crippen LogP contribution in [0.3, 0.4) is 0 Å². The van der Waals surface area contributed by atoms with Crippen molar-refractivity contribution in [3.05, 3.63) is 0 Å². The van der Waals surface area contributed by atoms with Crippen LogP contribution in [0.15, 0.2) is 0 Å². The van der Waals surface area contributed by atoms with Gasteiger partial charge in [0.05, 0.1) is 12.2 Å². The van der Waals surface area contributed by atoms with Crippen molar-refractivity contribution in [2.75, 3.05) is 26.2 Å². The highest BCUT2D eigenvalue weighted by atomic mass is 32.2. The van der Waals surface area contributed by atoms with E-state index in [0.29, 0.717) is 26.1 Å². The van der Waals surface area contributed by atoms with Gasteiger partial charge in [-0.05, 0) is 33.1 Å². The van der Waals surface area contributed by atoms with E-state index in [9.17, 15) is 8.42 Å². The Morgan fingerprint density at radius 2 is 1.85 bits per heavy atom. The maximum Gasteiger partial charge on any atom is 0.282 e. The van der Waals surface area contributed by atoms with Crippen molar-refractivity contribution in [1.29, 1.82) is 0 Å². The predicted octanol–water partition coefficient (Wildman–Crippen LogP) is 0.577. The highest BCUT2D eigenvalue weighted by Gasteiger charge is 2.39. The molecule has 1 N–H and O–H groups in total. The zero-order valence-corrected chi connectivity index (χ0v) is 13.2. The van der Waals surface area contributed by atoms with Crippen LogP contribution in [-0.2, 0) is 14.9 Å². The lowest BCUT2D eigenvalue weighted by atomic mass is 9.93. The van der Waals surface area contributed by atoms with E-state index < -0.39 is 10.2 Å². The van der Waals surface area contributed by atoms with E-state index in [1.54, 1.807) is 8.61 Å². The zero-order chi connectivity index (χ0) is 14.8. The summed E-state index contributed by atoms with van der Waals surface area (Å²) in [7, 11) is -3.45. The van der Waals surface area contributed by atoms with Crippen LogP contribution in [-0.4, -0.2) is 66.6 Å². The molecule has 0 aromatic carbocycles. The van der Waals surface area contributed by atoms with Gasteiger partial charge in [-0.25, -0.2) is 0 Å². The van der Waals surface area contributed by atoms with Crippen molar-refractivity contribution in [1.82, 2.24) is 8.61 Å². The third kappa shape index (κ3) is 3.51. The molecule has 0 bridgehead atoms. The molecule has 1 heterocycles. The maximum absolute atomic E-state index is 12.8. The molecule has 118 valence electrons. The normalized spacial score (nSPS) is 29.6. The molecular weight excluding hydrogens is 280 g/mol. The highest BCUT2D eigenvalue weighted by molar-refractivity contribution is 7.86. The van der Waals surface area contributed by atoms with Gasteiger partial charge in [0.15, 0.2) is 0 Å². The lowest BCUT2D eigenvalue weighted by Crippen LogP contribution is -2.56. The van der Waals surface area contributed by atoms with E-state index >= 15 is 0 Å². The summed E-state index contributed by atoms with van der Waals surface area (Å²) in [5, 5.41) is 8.99. The van der Waals surface area contributed by atoms with Crippen molar-refractivity contribution >= 4 is 10.2 Å². The number of nitrogens with zero attached hydrogens (tertiary/aromatic N) is 2. The lowest BCUT2D eigenvalue weighted by molar-refractivity contribution is -0.0461. The van der Waals surface area contributed by atoms with Crippen LogP contribution in [0.5, 0.6) is 0 Å². The summed E-state index contributed by atoms with van der Waals surface area (Å²) in [6.45, 7) is 5.06. The summed E-state index contributed by atoms with van der Waals surface area (Å²) >= 11 is 0. The number of hydrogen-bond acceptors (Lipinski definition) is 4. The second-order valence-electron chi connectivity index (χ2n) is 5.85. The van der Waals surface area contributed by atoms with Crippen LogP contribution in [0.25, 0.3) is 0 Å². The van der Waals surface area contributed by atoms with E-state index in [0.717, 1.165) is 19.3 Å². The monoisotopic (exact) mass is 306 g/mol. The smallest absolute Gasteiger partial charge is 0.282 e. The SMILES string of the molecule is CC1CN(S(=O)(=O)N(CCCO)C2CCC2)CC(C)O1. The molecule has 2 rings (SSSR count). The van der Waals surface area contributed by atoms with Gasteiger partial charge in [0.1, 0.15) is 0 Å². The fraction of sp³-hybridized carbons (Fsp3) is 1.00. The van der Waals surface area contributed by atoms with Gasteiger partial charge in [0, 0.05) is 32.3 Å². The number of rotatable bonds is 6. The minimum absolute atomic E-state index is 0.0225. The van der Waals surface area contributed by atoms with E-state index in [4.69, 9.17) is 9.84 Å². The molecule has 2 fully saturated rings. The lowest BCUT2D eigenvalue weighted by Gasteiger charge is -2.42. The van der Waals surface area contributed by atoms with E-state index in [1.807, 2.05) is 13.8 Å². The van der Waals surface area contributed by atoms with Gasteiger partial charge in [-0.3, -0.25) is 0 Å². The van der Waals surface area contributed by atoms with Crippen LogP contribution in [0.2, 0.25) is 0 Å². The second kappa shape index (κ2) is 6.70. The molecule has 2 atom stereocenters. The van der Waals surface area contributed by atoms with E-state index in [1.165, 1.54) is 0 Å². The number of aliphatic hydroxyl groups excluding tert-OH is 1. The topological polar surface area (TPSA) is 70.1 Å². The largest absolute Gasteiger partial charge is 0.396 e. The molecule has 0 spiro atoms. The Morgan fingerprint density at radius 1 is 1.25 bits per heavy atom. The van der Waals surface area contributed by atoms with Gasteiger partial charge in [-0.2, -0.15) is 17.0 Å². The van der Waals surface area contributed by atoms with Crippen molar-refractivity contribution in [2.24, 2.45) is 0 Å². The summed E-state index contributed by atoms with van der Waals surface area (Å²) in [6.07, 6.45) is 3.29. The summed E-state index contributed by atoms with van der Waals surface area (Å²) in [6, 6.07) is 0.111. The molecule has 20 heavy (non-hydrogen) atoms. The Labute approximate surface area is 121 Å². The Balaban J connectivity index is 2.11. The molecule has 0 aromatic heterocycles. The van der Waals surface area contributed by atoms with E-state index in [2.05, 4.69) is 0 Å². The summed E-state index contributed by atoms with van der Waals surface area (Å²) in [5.74, 6) is 0. The Bertz CT molecular complexity index is 401. The highest BCUT2D eigenvalue weighted by Crippen LogP contribution is 2.29.